The third-order valence-corrected chi connectivity index (χ3v) is 4.19. The second-order valence-corrected chi connectivity index (χ2v) is 5.51. The number of carbonyl (C=O) groups is 1. The van der Waals surface area contributed by atoms with E-state index in [4.69, 9.17) is 10.5 Å². The van der Waals surface area contributed by atoms with Crippen molar-refractivity contribution in [3.63, 3.8) is 0 Å². The zero-order valence-corrected chi connectivity index (χ0v) is 11.5. The second-order valence-electron chi connectivity index (χ2n) is 4.53. The molecule has 2 rings (SSSR count). The van der Waals surface area contributed by atoms with Gasteiger partial charge in [0.2, 0.25) is 5.91 Å². The van der Waals surface area contributed by atoms with Gasteiger partial charge in [-0.3, -0.25) is 4.79 Å². The first kappa shape index (κ1) is 13.5. The highest BCUT2D eigenvalue weighted by molar-refractivity contribution is 7.10. The Morgan fingerprint density at radius 3 is 3.22 bits per heavy atom. The van der Waals surface area contributed by atoms with Gasteiger partial charge in [-0.05, 0) is 24.3 Å². The van der Waals surface area contributed by atoms with Gasteiger partial charge in [0.05, 0.1) is 6.10 Å². The van der Waals surface area contributed by atoms with Gasteiger partial charge in [-0.1, -0.05) is 13.0 Å². The lowest BCUT2D eigenvalue weighted by Crippen LogP contribution is -2.41. The molecular weight excluding hydrogens is 248 g/mol. The molecule has 2 N–H and O–H groups in total. The highest BCUT2D eigenvalue weighted by Crippen LogP contribution is 2.20. The van der Waals surface area contributed by atoms with E-state index in [1.54, 1.807) is 0 Å². The van der Waals surface area contributed by atoms with Gasteiger partial charge in [0, 0.05) is 24.6 Å². The molecule has 0 aromatic carbocycles. The van der Waals surface area contributed by atoms with Crippen molar-refractivity contribution in [1.29, 1.82) is 0 Å². The second kappa shape index (κ2) is 6.31. The summed E-state index contributed by atoms with van der Waals surface area (Å²) in [6.45, 7) is 4.22. The third-order valence-electron chi connectivity index (χ3n) is 3.23. The van der Waals surface area contributed by atoms with E-state index in [0.717, 1.165) is 30.9 Å². The maximum Gasteiger partial charge on any atom is 0.245 e. The number of thiophene rings is 1. The summed E-state index contributed by atoms with van der Waals surface area (Å²) in [5.74, 6) is 0.0152. The number of hydrogen-bond acceptors (Lipinski definition) is 4. The standard InChI is InChI=1S/C13H20N2O2S/c1-2-10-9-15(6-4-7-17-10)13(16)12(14)11-5-3-8-18-11/h3,5,8,10,12H,2,4,6-7,9,14H2,1H3. The molecule has 1 aliphatic heterocycles. The van der Waals surface area contributed by atoms with E-state index < -0.39 is 6.04 Å². The maximum absolute atomic E-state index is 12.4. The molecule has 0 radical (unpaired) electrons. The van der Waals surface area contributed by atoms with Crippen LogP contribution in [-0.4, -0.2) is 36.6 Å². The fraction of sp³-hybridized carbons (Fsp3) is 0.615. The minimum absolute atomic E-state index is 0.0152. The Balaban J connectivity index is 2.03. The van der Waals surface area contributed by atoms with Gasteiger partial charge in [-0.2, -0.15) is 0 Å². The van der Waals surface area contributed by atoms with Crippen LogP contribution in [0.25, 0.3) is 0 Å². The number of amides is 1. The predicted octanol–water partition coefficient (Wildman–Crippen LogP) is 1.78. The minimum atomic E-state index is -0.527. The van der Waals surface area contributed by atoms with Crippen LogP contribution >= 0.6 is 11.3 Å². The molecule has 5 heteroatoms. The Hall–Kier alpha value is -0.910. The molecule has 2 atom stereocenters. The first-order valence-electron chi connectivity index (χ1n) is 6.41. The lowest BCUT2D eigenvalue weighted by atomic mass is 10.2. The molecule has 2 heterocycles. The van der Waals surface area contributed by atoms with E-state index in [1.807, 2.05) is 22.4 Å². The van der Waals surface area contributed by atoms with Crippen LogP contribution in [-0.2, 0) is 9.53 Å². The van der Waals surface area contributed by atoms with Crippen molar-refractivity contribution in [1.82, 2.24) is 4.90 Å². The highest BCUT2D eigenvalue weighted by Gasteiger charge is 2.26. The average molecular weight is 268 g/mol. The summed E-state index contributed by atoms with van der Waals surface area (Å²) in [5, 5.41) is 1.95. The summed E-state index contributed by atoms with van der Waals surface area (Å²) in [6, 6.07) is 3.31. The van der Waals surface area contributed by atoms with Crippen LogP contribution in [0.2, 0.25) is 0 Å². The number of nitrogens with zero attached hydrogens (tertiary/aromatic N) is 1. The molecule has 0 aliphatic carbocycles. The van der Waals surface area contributed by atoms with Crippen molar-refractivity contribution in [2.45, 2.75) is 31.9 Å². The number of carbonyl (C=O) groups excluding carboxylic acids is 1. The van der Waals surface area contributed by atoms with Crippen LogP contribution in [0.1, 0.15) is 30.7 Å². The zero-order valence-electron chi connectivity index (χ0n) is 10.7. The SMILES string of the molecule is CCC1CN(C(=O)C(N)c2cccs2)CCCO1. The summed E-state index contributed by atoms with van der Waals surface area (Å²) >= 11 is 1.53. The first-order chi connectivity index (χ1) is 8.72. The van der Waals surface area contributed by atoms with Crippen molar-refractivity contribution in [3.05, 3.63) is 22.4 Å². The molecular formula is C13H20N2O2S. The van der Waals surface area contributed by atoms with E-state index in [9.17, 15) is 4.79 Å². The van der Waals surface area contributed by atoms with E-state index >= 15 is 0 Å². The molecule has 1 aromatic heterocycles. The van der Waals surface area contributed by atoms with Gasteiger partial charge in [-0.15, -0.1) is 11.3 Å². The molecule has 1 aromatic rings. The Morgan fingerprint density at radius 1 is 1.72 bits per heavy atom. The van der Waals surface area contributed by atoms with Crippen LogP contribution in [0.15, 0.2) is 17.5 Å². The fourth-order valence-corrected chi connectivity index (χ4v) is 2.85. The van der Waals surface area contributed by atoms with E-state index in [1.165, 1.54) is 11.3 Å². The molecule has 4 nitrogen and oxygen atoms in total. The summed E-state index contributed by atoms with van der Waals surface area (Å²) in [5.41, 5.74) is 6.03. The molecule has 0 bridgehead atoms. The quantitative estimate of drug-likeness (QED) is 0.909. The molecule has 0 spiro atoms. The van der Waals surface area contributed by atoms with E-state index in [-0.39, 0.29) is 12.0 Å². The smallest absolute Gasteiger partial charge is 0.245 e. The number of nitrogens with two attached hydrogens (primary N) is 1. The van der Waals surface area contributed by atoms with Gasteiger partial charge in [-0.25, -0.2) is 0 Å². The lowest BCUT2D eigenvalue weighted by Gasteiger charge is -2.25. The molecule has 1 fully saturated rings. The maximum atomic E-state index is 12.4. The van der Waals surface area contributed by atoms with Crippen molar-refractivity contribution in [3.8, 4) is 0 Å². The van der Waals surface area contributed by atoms with Crippen LogP contribution < -0.4 is 5.73 Å². The zero-order chi connectivity index (χ0) is 13.0. The van der Waals surface area contributed by atoms with Gasteiger partial charge in [0.15, 0.2) is 0 Å². The monoisotopic (exact) mass is 268 g/mol. The van der Waals surface area contributed by atoms with Crippen molar-refractivity contribution in [2.24, 2.45) is 5.73 Å². The number of rotatable bonds is 3. The summed E-state index contributed by atoms with van der Waals surface area (Å²) < 4.78 is 5.67. The van der Waals surface area contributed by atoms with E-state index in [0.29, 0.717) is 6.54 Å². The topological polar surface area (TPSA) is 55.6 Å². The Morgan fingerprint density at radius 2 is 2.56 bits per heavy atom. The van der Waals surface area contributed by atoms with Gasteiger partial charge in [0.25, 0.3) is 0 Å². The molecule has 2 unspecified atom stereocenters. The Bertz CT molecular complexity index is 380. The Kier molecular flexibility index (Phi) is 4.74. The van der Waals surface area contributed by atoms with Crippen molar-refractivity contribution >= 4 is 17.2 Å². The first-order valence-corrected chi connectivity index (χ1v) is 7.29. The third kappa shape index (κ3) is 3.10. The molecule has 0 saturated carbocycles. The lowest BCUT2D eigenvalue weighted by molar-refractivity contribution is -0.133. The highest BCUT2D eigenvalue weighted by atomic mass is 32.1. The fourth-order valence-electron chi connectivity index (χ4n) is 2.13. The summed E-state index contributed by atoms with van der Waals surface area (Å²) in [4.78, 5) is 15.1. The molecule has 1 saturated heterocycles. The summed E-state index contributed by atoms with van der Waals surface area (Å²) in [7, 11) is 0. The normalized spacial score (nSPS) is 22.6. The Labute approximate surface area is 112 Å². The molecule has 1 aliphatic rings. The number of ether oxygens (including phenoxy) is 1. The van der Waals surface area contributed by atoms with E-state index in [2.05, 4.69) is 6.92 Å². The number of hydrogen-bond donors (Lipinski definition) is 1. The van der Waals surface area contributed by atoms with Crippen molar-refractivity contribution in [2.75, 3.05) is 19.7 Å². The molecule has 100 valence electrons. The van der Waals surface area contributed by atoms with Gasteiger partial charge < -0.3 is 15.4 Å². The van der Waals surface area contributed by atoms with Crippen LogP contribution in [0.5, 0.6) is 0 Å². The average Bonchev–Trinajstić information content (AvgIpc) is 2.82. The van der Waals surface area contributed by atoms with Crippen molar-refractivity contribution < 1.29 is 9.53 Å². The molecule has 1 amide bonds. The molecule has 18 heavy (non-hydrogen) atoms. The van der Waals surface area contributed by atoms with Gasteiger partial charge in [0.1, 0.15) is 6.04 Å². The van der Waals surface area contributed by atoms with Crippen LogP contribution in [0.4, 0.5) is 0 Å². The largest absolute Gasteiger partial charge is 0.376 e. The van der Waals surface area contributed by atoms with Crippen LogP contribution in [0.3, 0.4) is 0 Å². The van der Waals surface area contributed by atoms with Gasteiger partial charge >= 0.3 is 0 Å². The predicted molar refractivity (Wildman–Crippen MR) is 72.5 cm³/mol. The summed E-state index contributed by atoms with van der Waals surface area (Å²) in [6.07, 6.45) is 1.96. The minimum Gasteiger partial charge on any atom is -0.376 e. The van der Waals surface area contributed by atoms with Crippen LogP contribution in [0, 0.1) is 0 Å².